The van der Waals surface area contributed by atoms with Crippen molar-refractivity contribution in [2.75, 3.05) is 19.8 Å². The van der Waals surface area contributed by atoms with Gasteiger partial charge in [-0.1, -0.05) is 73.9 Å². The molecule has 9 atom stereocenters. The van der Waals surface area contributed by atoms with Gasteiger partial charge >= 0.3 is 53.7 Å². The molecular weight excluding hydrogens is 957 g/mol. The van der Waals surface area contributed by atoms with Crippen molar-refractivity contribution >= 4 is 59.6 Å². The second-order valence-electron chi connectivity index (χ2n) is 17.1. The number of hydrogen-bond donors (Lipinski definition) is 14. The second-order valence-corrected chi connectivity index (χ2v) is 17.1. The molecule has 1 rings (SSSR count). The Morgan fingerprint density at radius 1 is 0.528 bits per heavy atom. The standard InChI is InChI=1S/C19H28N4O7.C9H18N2O4.2C6H13NO2.C4H8N2O3/c1-10(2)16(23)19(27)29-12-5-3-11(4-6-12)7-13(21)17(25)30-18(26)14(22)9-28-15(24)8-20;1-5(2)3-6(10)9(14)15-4-7(11)8(12)13;1-4(2)3-5(7)6(8)9;1-3-4(2)5(7)6(8)9;5-2(4(8)9)1-3(6)7/h3-6,10,13-14,16H,7-9,20-23H2,1-2H3;5-7H,3-4,10-11H2,1-2H3,(H,12,13);2*4-5H,3,7H2,1-2H3,(H,8,9);2H,1,5H2,(H2,6,7)(H,8,9)/t13-,14-,16-;6-,7-;5-;4-,5-;2-/m00000/s1. The van der Waals surface area contributed by atoms with Crippen LogP contribution in [0.2, 0.25) is 0 Å². The number of carbonyl (C=O) groups is 10. The van der Waals surface area contributed by atoms with E-state index in [1.807, 2.05) is 41.5 Å². The van der Waals surface area contributed by atoms with Crippen LogP contribution in [-0.2, 0) is 68.6 Å². The summed E-state index contributed by atoms with van der Waals surface area (Å²) in [6.07, 6.45) is 1.61. The third-order valence-electron chi connectivity index (χ3n) is 9.06. The quantitative estimate of drug-likeness (QED) is 0.0199. The summed E-state index contributed by atoms with van der Waals surface area (Å²) in [5, 5.41) is 33.2. The van der Waals surface area contributed by atoms with Crippen LogP contribution in [0.5, 0.6) is 5.75 Å². The summed E-state index contributed by atoms with van der Waals surface area (Å²) in [6.45, 7) is 13.9. The number of nitrogens with two attached hydrogens (primary N) is 10. The van der Waals surface area contributed by atoms with Crippen molar-refractivity contribution < 1.29 is 87.3 Å². The highest BCUT2D eigenvalue weighted by atomic mass is 16.6. The number of amides is 1. The number of ether oxygens (including phenoxy) is 4. The van der Waals surface area contributed by atoms with E-state index in [9.17, 15) is 47.9 Å². The third-order valence-corrected chi connectivity index (χ3v) is 9.06. The van der Waals surface area contributed by atoms with Crippen molar-refractivity contribution in [2.24, 2.45) is 81.0 Å². The first-order valence-electron chi connectivity index (χ1n) is 22.4. The van der Waals surface area contributed by atoms with Gasteiger partial charge in [0.2, 0.25) is 5.91 Å². The molecule has 0 spiro atoms. The molecule has 0 unspecified atom stereocenters. The maximum absolute atomic E-state index is 12.0. The fourth-order valence-electron chi connectivity index (χ4n) is 4.41. The van der Waals surface area contributed by atoms with Crippen molar-refractivity contribution in [3.63, 3.8) is 0 Å². The maximum Gasteiger partial charge on any atom is 0.334 e. The number of esters is 5. The lowest BCUT2D eigenvalue weighted by Crippen LogP contribution is -2.43. The first-order valence-corrected chi connectivity index (χ1v) is 22.4. The molecule has 72 heavy (non-hydrogen) atoms. The van der Waals surface area contributed by atoms with Crippen molar-refractivity contribution in [2.45, 2.75) is 136 Å². The van der Waals surface area contributed by atoms with Crippen LogP contribution in [0.3, 0.4) is 0 Å². The van der Waals surface area contributed by atoms with Crippen LogP contribution >= 0.6 is 0 Å². The summed E-state index contributed by atoms with van der Waals surface area (Å²) in [5.74, 6) is -7.99. The molecule has 1 amide bonds. The Bertz CT molecular complexity index is 1840. The SMILES string of the molecule is CC(C)C[C@H](N)C(=O)O.CC(C)C[C@H](N)C(=O)OC[C@H](N)C(=O)O.CC(C)[C@H](N)C(=O)Oc1ccc(C[C@H](N)C(=O)OC(=O)[C@@H](N)COC(=O)CN)cc1.CC[C@H](C)[C@H](N)C(=O)O.NC(=O)C[C@H](N)C(=O)O. The Kier molecular flexibility index (Phi) is 39.6. The maximum atomic E-state index is 12.0. The molecule has 1 aromatic rings. The number of aliphatic carboxylic acids is 4. The van der Waals surface area contributed by atoms with Gasteiger partial charge < -0.3 is 96.7 Å². The molecule has 28 nitrogen and oxygen atoms in total. The van der Waals surface area contributed by atoms with E-state index in [0.717, 1.165) is 6.42 Å². The summed E-state index contributed by atoms with van der Waals surface area (Å²) in [7, 11) is 0. The Balaban J connectivity index is -0.000000456. The fraction of sp³-hybridized carbons (Fsp3) is 0.636. The van der Waals surface area contributed by atoms with Crippen molar-refractivity contribution in [1.29, 1.82) is 0 Å². The molecule has 0 heterocycles. The minimum Gasteiger partial charge on any atom is -0.480 e. The van der Waals surface area contributed by atoms with Crippen LogP contribution in [0.25, 0.3) is 0 Å². The lowest BCUT2D eigenvalue weighted by atomic mass is 10.0. The number of benzene rings is 1. The number of carboxylic acid groups (broad SMARTS) is 4. The van der Waals surface area contributed by atoms with Crippen LogP contribution in [0.1, 0.15) is 86.6 Å². The summed E-state index contributed by atoms with van der Waals surface area (Å²) in [5.41, 5.74) is 53.4. The van der Waals surface area contributed by atoms with Gasteiger partial charge in [0.25, 0.3) is 0 Å². The Hall–Kier alpha value is -6.24. The van der Waals surface area contributed by atoms with E-state index in [0.29, 0.717) is 30.1 Å². The summed E-state index contributed by atoms with van der Waals surface area (Å²) < 4.78 is 19.0. The van der Waals surface area contributed by atoms with E-state index in [1.165, 1.54) is 12.1 Å². The van der Waals surface area contributed by atoms with Crippen LogP contribution in [0.4, 0.5) is 0 Å². The number of primary amides is 1. The zero-order chi connectivity index (χ0) is 57.2. The molecule has 0 aliphatic carbocycles. The van der Waals surface area contributed by atoms with Crippen LogP contribution < -0.4 is 62.1 Å². The van der Waals surface area contributed by atoms with Gasteiger partial charge in [0.1, 0.15) is 67.3 Å². The van der Waals surface area contributed by atoms with Crippen LogP contribution in [-0.4, -0.2) is 148 Å². The second kappa shape index (κ2) is 39.4. The van der Waals surface area contributed by atoms with Gasteiger partial charge in [-0.15, -0.1) is 0 Å². The van der Waals surface area contributed by atoms with Gasteiger partial charge in [0.05, 0.1) is 13.0 Å². The van der Waals surface area contributed by atoms with E-state index in [2.05, 4.69) is 19.9 Å². The molecule has 0 saturated heterocycles. The minimum atomic E-state index is -1.34. The molecule has 0 bridgehead atoms. The summed E-state index contributed by atoms with van der Waals surface area (Å²) in [6, 6.07) is -1.41. The van der Waals surface area contributed by atoms with E-state index < -0.39 is 115 Å². The van der Waals surface area contributed by atoms with Gasteiger partial charge in [0, 0.05) is 0 Å². The van der Waals surface area contributed by atoms with E-state index in [-0.39, 0.29) is 43.7 Å². The first-order chi connectivity index (χ1) is 33.0. The number of hydrogen-bond acceptors (Lipinski definition) is 23. The van der Waals surface area contributed by atoms with Gasteiger partial charge in [0.15, 0.2) is 0 Å². The Morgan fingerprint density at radius 3 is 1.32 bits per heavy atom. The highest BCUT2D eigenvalue weighted by molar-refractivity contribution is 5.91. The molecule has 0 aliphatic heterocycles. The molecule has 0 radical (unpaired) electrons. The molecule has 1 aromatic carbocycles. The molecule has 0 aromatic heterocycles. The topological polar surface area (TPSA) is 549 Å². The Morgan fingerprint density at radius 2 is 0.972 bits per heavy atom. The number of rotatable bonds is 25. The molecule has 24 N–H and O–H groups in total. The number of carboxylic acids is 4. The minimum absolute atomic E-state index is 0.0588. The zero-order valence-electron chi connectivity index (χ0n) is 42.2. The lowest BCUT2D eigenvalue weighted by Gasteiger charge is -2.15. The summed E-state index contributed by atoms with van der Waals surface area (Å²) in [4.78, 5) is 108. The highest BCUT2D eigenvalue weighted by Crippen LogP contribution is 2.15. The van der Waals surface area contributed by atoms with Crippen LogP contribution in [0.15, 0.2) is 24.3 Å². The summed E-state index contributed by atoms with van der Waals surface area (Å²) >= 11 is 0. The molecule has 28 heteroatoms. The predicted octanol–water partition coefficient (Wildman–Crippen LogP) is -3.18. The van der Waals surface area contributed by atoms with E-state index >= 15 is 0 Å². The lowest BCUT2D eigenvalue weighted by molar-refractivity contribution is -0.163. The first kappa shape index (κ1) is 72.3. The average Bonchev–Trinajstić information content (AvgIpc) is 3.29. The third kappa shape index (κ3) is 37.6. The van der Waals surface area contributed by atoms with Gasteiger partial charge in [-0.3, -0.25) is 33.6 Å². The fourth-order valence-corrected chi connectivity index (χ4v) is 4.41. The predicted molar refractivity (Wildman–Crippen MR) is 259 cm³/mol. The molecule has 0 fully saturated rings. The molecule has 0 aliphatic rings. The van der Waals surface area contributed by atoms with Crippen molar-refractivity contribution in [3.8, 4) is 5.75 Å². The molecular formula is C44H80N10O18. The van der Waals surface area contributed by atoms with E-state index in [4.69, 9.17) is 76.8 Å². The van der Waals surface area contributed by atoms with Gasteiger partial charge in [-0.2, -0.15) is 0 Å². The average molecular weight is 1040 g/mol. The van der Waals surface area contributed by atoms with E-state index in [1.54, 1.807) is 26.0 Å². The van der Waals surface area contributed by atoms with Crippen molar-refractivity contribution in [3.05, 3.63) is 29.8 Å². The Labute approximate surface area is 418 Å². The highest BCUT2D eigenvalue weighted by Gasteiger charge is 2.25. The monoisotopic (exact) mass is 1040 g/mol. The zero-order valence-corrected chi connectivity index (χ0v) is 42.2. The smallest absolute Gasteiger partial charge is 0.334 e. The molecule has 0 saturated carbocycles. The van der Waals surface area contributed by atoms with Gasteiger partial charge in [-0.05, 0) is 60.6 Å². The van der Waals surface area contributed by atoms with Crippen molar-refractivity contribution in [1.82, 2.24) is 0 Å². The normalized spacial score (nSPS) is 14.2. The number of carbonyl (C=O) groups excluding carboxylic acids is 6. The largest absolute Gasteiger partial charge is 0.480 e. The van der Waals surface area contributed by atoms with Gasteiger partial charge in [-0.25, -0.2) is 14.4 Å². The van der Waals surface area contributed by atoms with Crippen LogP contribution in [0, 0.1) is 23.7 Å². The molecule has 414 valence electrons.